The molecule has 146 valence electrons. The normalized spacial score (nSPS) is 12.6. The van der Waals surface area contributed by atoms with Crippen molar-refractivity contribution in [3.63, 3.8) is 0 Å². The van der Waals surface area contributed by atoms with Gasteiger partial charge in [0.1, 0.15) is 0 Å². The molecule has 0 fully saturated rings. The van der Waals surface area contributed by atoms with Crippen LogP contribution in [0.15, 0.2) is 0 Å². The molecule has 0 spiro atoms. The molecule has 0 aliphatic heterocycles. The first-order valence-electron chi connectivity index (χ1n) is 11.5. The van der Waals surface area contributed by atoms with Crippen LogP contribution in [0.5, 0.6) is 0 Å². The second-order valence-electron chi connectivity index (χ2n) is 8.13. The second kappa shape index (κ2) is 21.0. The van der Waals surface area contributed by atoms with Gasteiger partial charge < -0.3 is 5.73 Å². The molecule has 0 amide bonds. The van der Waals surface area contributed by atoms with Crippen LogP contribution in [-0.4, -0.2) is 6.04 Å². The predicted octanol–water partition coefficient (Wildman–Crippen LogP) is 8.16. The van der Waals surface area contributed by atoms with Crippen molar-refractivity contribution in [2.45, 2.75) is 148 Å². The molecule has 0 aliphatic rings. The average molecular weight is 340 g/mol. The molecule has 24 heavy (non-hydrogen) atoms. The Morgan fingerprint density at radius 2 is 0.708 bits per heavy atom. The van der Waals surface area contributed by atoms with Gasteiger partial charge in [-0.1, -0.05) is 129 Å². The fourth-order valence-electron chi connectivity index (χ4n) is 3.54. The Kier molecular flexibility index (Phi) is 21.0. The largest absolute Gasteiger partial charge is 0.328 e. The summed E-state index contributed by atoms with van der Waals surface area (Å²) in [5.74, 6) is 0. The standard InChI is InChI=1S/C23H49N/c1-3-4-5-6-7-8-9-10-11-12-13-14-15-16-17-18-19-20-21-22-23(2)24/h23H,3-22,24H2,1-2H3. The highest BCUT2D eigenvalue weighted by molar-refractivity contribution is 4.54. The smallest absolute Gasteiger partial charge is 0.00104 e. The third-order valence-electron chi connectivity index (χ3n) is 5.26. The van der Waals surface area contributed by atoms with Gasteiger partial charge in [-0.15, -0.1) is 0 Å². The van der Waals surface area contributed by atoms with E-state index in [1.807, 2.05) is 0 Å². The van der Waals surface area contributed by atoms with Crippen LogP contribution in [0.2, 0.25) is 0 Å². The summed E-state index contributed by atoms with van der Waals surface area (Å²) in [6.45, 7) is 4.42. The van der Waals surface area contributed by atoms with Crippen LogP contribution in [0, 0.1) is 0 Å². The number of rotatable bonds is 20. The minimum atomic E-state index is 0.399. The molecule has 0 heterocycles. The van der Waals surface area contributed by atoms with E-state index in [-0.39, 0.29) is 0 Å². The molecule has 0 aromatic rings. The molecule has 1 heteroatoms. The molecule has 0 saturated heterocycles. The van der Waals surface area contributed by atoms with Crippen molar-refractivity contribution in [1.29, 1.82) is 0 Å². The maximum atomic E-state index is 5.77. The topological polar surface area (TPSA) is 26.0 Å². The third-order valence-corrected chi connectivity index (χ3v) is 5.26. The van der Waals surface area contributed by atoms with Gasteiger partial charge in [0.2, 0.25) is 0 Å². The van der Waals surface area contributed by atoms with Crippen molar-refractivity contribution in [2.75, 3.05) is 0 Å². The SMILES string of the molecule is CCCCCCCCCCCCCCCCCCCCCC(C)N. The van der Waals surface area contributed by atoms with Crippen LogP contribution < -0.4 is 5.73 Å². The molecule has 0 aliphatic carbocycles. The molecule has 0 radical (unpaired) electrons. The molecule has 0 bridgehead atoms. The molecule has 0 aromatic heterocycles. The molecular formula is C23H49N. The highest BCUT2D eigenvalue weighted by atomic mass is 14.6. The maximum absolute atomic E-state index is 5.77. The first kappa shape index (κ1) is 24.0. The summed E-state index contributed by atoms with van der Waals surface area (Å²) in [6.07, 6.45) is 28.7. The predicted molar refractivity (Wildman–Crippen MR) is 112 cm³/mol. The second-order valence-corrected chi connectivity index (χ2v) is 8.13. The van der Waals surface area contributed by atoms with Crippen molar-refractivity contribution < 1.29 is 0 Å². The fourth-order valence-corrected chi connectivity index (χ4v) is 3.54. The van der Waals surface area contributed by atoms with E-state index in [0.29, 0.717) is 6.04 Å². The lowest BCUT2D eigenvalue weighted by atomic mass is 10.0. The van der Waals surface area contributed by atoms with E-state index < -0.39 is 0 Å². The minimum absolute atomic E-state index is 0.399. The summed E-state index contributed by atoms with van der Waals surface area (Å²) in [5.41, 5.74) is 5.77. The van der Waals surface area contributed by atoms with E-state index >= 15 is 0 Å². The molecule has 0 saturated carbocycles. The van der Waals surface area contributed by atoms with E-state index in [0.717, 1.165) is 0 Å². The summed E-state index contributed by atoms with van der Waals surface area (Å²) < 4.78 is 0. The zero-order valence-corrected chi connectivity index (χ0v) is 17.3. The van der Waals surface area contributed by atoms with E-state index in [1.54, 1.807) is 0 Å². The van der Waals surface area contributed by atoms with Gasteiger partial charge in [-0.2, -0.15) is 0 Å². The molecular weight excluding hydrogens is 290 g/mol. The number of hydrogen-bond acceptors (Lipinski definition) is 1. The van der Waals surface area contributed by atoms with Gasteiger partial charge >= 0.3 is 0 Å². The van der Waals surface area contributed by atoms with Crippen LogP contribution in [-0.2, 0) is 0 Å². The van der Waals surface area contributed by atoms with Gasteiger partial charge in [-0.3, -0.25) is 0 Å². The molecule has 2 N–H and O–H groups in total. The summed E-state index contributed by atoms with van der Waals surface area (Å²) in [5, 5.41) is 0. The van der Waals surface area contributed by atoms with Crippen LogP contribution in [0.25, 0.3) is 0 Å². The first-order valence-corrected chi connectivity index (χ1v) is 11.5. The summed E-state index contributed by atoms with van der Waals surface area (Å²) >= 11 is 0. The highest BCUT2D eigenvalue weighted by Gasteiger charge is 1.96. The van der Waals surface area contributed by atoms with Crippen molar-refractivity contribution in [1.82, 2.24) is 0 Å². The van der Waals surface area contributed by atoms with Gasteiger partial charge in [0, 0.05) is 6.04 Å². The van der Waals surface area contributed by atoms with Gasteiger partial charge in [0.25, 0.3) is 0 Å². The van der Waals surface area contributed by atoms with Crippen LogP contribution in [0.1, 0.15) is 142 Å². The number of hydrogen-bond donors (Lipinski definition) is 1. The van der Waals surface area contributed by atoms with Crippen molar-refractivity contribution in [3.05, 3.63) is 0 Å². The van der Waals surface area contributed by atoms with E-state index in [2.05, 4.69) is 13.8 Å². The fraction of sp³-hybridized carbons (Fsp3) is 1.00. The minimum Gasteiger partial charge on any atom is -0.328 e. The Morgan fingerprint density at radius 1 is 0.458 bits per heavy atom. The zero-order chi connectivity index (χ0) is 17.7. The quantitative estimate of drug-likeness (QED) is 0.222. The summed E-state index contributed by atoms with van der Waals surface area (Å²) in [6, 6.07) is 0.399. The van der Waals surface area contributed by atoms with Crippen LogP contribution >= 0.6 is 0 Å². The highest BCUT2D eigenvalue weighted by Crippen LogP contribution is 2.14. The Hall–Kier alpha value is -0.0400. The van der Waals surface area contributed by atoms with Crippen molar-refractivity contribution in [3.8, 4) is 0 Å². The first-order chi connectivity index (χ1) is 11.8. The lowest BCUT2D eigenvalue weighted by Crippen LogP contribution is -2.13. The monoisotopic (exact) mass is 339 g/mol. The Bertz CT molecular complexity index is 212. The average Bonchev–Trinajstić information content (AvgIpc) is 2.56. The molecule has 1 unspecified atom stereocenters. The van der Waals surface area contributed by atoms with Gasteiger partial charge in [-0.05, 0) is 13.3 Å². The van der Waals surface area contributed by atoms with Crippen LogP contribution in [0.3, 0.4) is 0 Å². The Morgan fingerprint density at radius 3 is 0.958 bits per heavy atom. The van der Waals surface area contributed by atoms with Crippen molar-refractivity contribution >= 4 is 0 Å². The van der Waals surface area contributed by atoms with Gasteiger partial charge in [-0.25, -0.2) is 0 Å². The lowest BCUT2D eigenvalue weighted by Gasteiger charge is -2.05. The number of nitrogens with two attached hydrogens (primary N) is 1. The number of unbranched alkanes of at least 4 members (excludes halogenated alkanes) is 18. The molecule has 1 nitrogen and oxygen atoms in total. The van der Waals surface area contributed by atoms with E-state index in [4.69, 9.17) is 5.73 Å². The van der Waals surface area contributed by atoms with Gasteiger partial charge in [0.15, 0.2) is 0 Å². The summed E-state index contributed by atoms with van der Waals surface area (Å²) in [4.78, 5) is 0. The van der Waals surface area contributed by atoms with E-state index in [9.17, 15) is 0 Å². The van der Waals surface area contributed by atoms with Gasteiger partial charge in [0.05, 0.1) is 0 Å². The maximum Gasteiger partial charge on any atom is 0.00104 e. The van der Waals surface area contributed by atoms with Crippen molar-refractivity contribution in [2.24, 2.45) is 5.73 Å². The van der Waals surface area contributed by atoms with E-state index in [1.165, 1.54) is 128 Å². The third kappa shape index (κ3) is 22.0. The summed E-state index contributed by atoms with van der Waals surface area (Å²) in [7, 11) is 0. The molecule has 0 aromatic carbocycles. The Labute approximate surface area is 154 Å². The molecule has 0 rings (SSSR count). The zero-order valence-electron chi connectivity index (χ0n) is 17.3. The Balaban J connectivity index is 2.95. The van der Waals surface area contributed by atoms with Crippen LogP contribution in [0.4, 0.5) is 0 Å². The molecule has 1 atom stereocenters. The lowest BCUT2D eigenvalue weighted by molar-refractivity contribution is 0.517.